The summed E-state index contributed by atoms with van der Waals surface area (Å²) in [5.74, 6) is 0.388. The summed E-state index contributed by atoms with van der Waals surface area (Å²) in [7, 11) is 3.33. The van der Waals surface area contributed by atoms with Crippen LogP contribution in [0.2, 0.25) is 0 Å². The molecule has 0 atom stereocenters. The Labute approximate surface area is 82.1 Å². The topological polar surface area (TPSA) is 84.1 Å². The second kappa shape index (κ2) is 4.40. The van der Waals surface area contributed by atoms with Crippen molar-refractivity contribution in [1.29, 1.82) is 0 Å². The first kappa shape index (κ1) is 10.2. The molecule has 1 aromatic rings. The van der Waals surface area contributed by atoms with Gasteiger partial charge in [-0.05, 0) is 0 Å². The van der Waals surface area contributed by atoms with Crippen LogP contribution in [0.3, 0.4) is 0 Å². The van der Waals surface area contributed by atoms with Gasteiger partial charge in [-0.2, -0.15) is 0 Å². The van der Waals surface area contributed by atoms with Crippen molar-refractivity contribution in [2.45, 2.75) is 6.54 Å². The fraction of sp³-hybridized carbons (Fsp3) is 0.375. The highest BCUT2D eigenvalue weighted by Crippen LogP contribution is 2.03. The number of nitrogens with one attached hydrogen (secondary N) is 1. The molecule has 0 bridgehead atoms. The molecule has 6 nitrogen and oxygen atoms in total. The van der Waals surface area contributed by atoms with Crippen LogP contribution in [0, 0.1) is 0 Å². The molecule has 1 heterocycles. The van der Waals surface area contributed by atoms with Crippen LogP contribution in [0.1, 0.15) is 5.56 Å². The molecule has 0 aliphatic rings. The largest absolute Gasteiger partial charge is 0.383 e. The number of nitrogen functional groups attached to an aromatic ring is 1. The van der Waals surface area contributed by atoms with E-state index in [-0.39, 0.29) is 6.03 Å². The highest BCUT2D eigenvalue weighted by atomic mass is 16.2. The molecule has 0 fully saturated rings. The summed E-state index contributed by atoms with van der Waals surface area (Å²) in [5.41, 5.74) is 6.28. The summed E-state index contributed by atoms with van der Waals surface area (Å²) in [6.07, 6.45) is 2.95. The monoisotopic (exact) mass is 195 g/mol. The van der Waals surface area contributed by atoms with Crippen LogP contribution in [0.15, 0.2) is 12.5 Å². The molecule has 0 aliphatic carbocycles. The zero-order valence-electron chi connectivity index (χ0n) is 8.19. The van der Waals surface area contributed by atoms with Gasteiger partial charge in [0.1, 0.15) is 12.1 Å². The van der Waals surface area contributed by atoms with E-state index in [0.29, 0.717) is 17.9 Å². The lowest BCUT2D eigenvalue weighted by Crippen LogP contribution is -2.34. The number of carbonyl (C=O) groups is 1. The number of amides is 2. The summed E-state index contributed by atoms with van der Waals surface area (Å²) in [6.45, 7) is 0.337. The quantitative estimate of drug-likeness (QED) is 0.686. The van der Waals surface area contributed by atoms with E-state index < -0.39 is 0 Å². The van der Waals surface area contributed by atoms with Crippen molar-refractivity contribution in [1.82, 2.24) is 20.2 Å². The number of hydrogen-bond donors (Lipinski definition) is 2. The van der Waals surface area contributed by atoms with E-state index in [4.69, 9.17) is 5.73 Å². The van der Waals surface area contributed by atoms with Gasteiger partial charge >= 0.3 is 6.03 Å². The van der Waals surface area contributed by atoms with Crippen LogP contribution < -0.4 is 11.1 Å². The number of hydrogen-bond acceptors (Lipinski definition) is 4. The maximum atomic E-state index is 11.2. The molecular formula is C8H13N5O. The van der Waals surface area contributed by atoms with E-state index in [1.54, 1.807) is 20.3 Å². The highest BCUT2D eigenvalue weighted by Gasteiger charge is 2.04. The van der Waals surface area contributed by atoms with Crippen LogP contribution in [0.25, 0.3) is 0 Å². The molecule has 76 valence electrons. The van der Waals surface area contributed by atoms with Crippen molar-refractivity contribution in [2.75, 3.05) is 19.8 Å². The molecule has 0 unspecified atom stereocenters. The molecular weight excluding hydrogens is 182 g/mol. The number of nitrogens with zero attached hydrogens (tertiary/aromatic N) is 3. The first-order chi connectivity index (χ1) is 6.61. The zero-order chi connectivity index (χ0) is 10.6. The van der Waals surface area contributed by atoms with Gasteiger partial charge in [0.25, 0.3) is 0 Å². The normalized spacial score (nSPS) is 9.57. The van der Waals surface area contributed by atoms with Gasteiger partial charge in [0, 0.05) is 32.4 Å². The molecule has 0 aromatic carbocycles. The fourth-order valence-corrected chi connectivity index (χ4v) is 0.833. The molecule has 1 aromatic heterocycles. The van der Waals surface area contributed by atoms with Crippen molar-refractivity contribution >= 4 is 11.8 Å². The third-order valence-electron chi connectivity index (χ3n) is 1.66. The lowest BCUT2D eigenvalue weighted by Gasteiger charge is -2.12. The minimum absolute atomic E-state index is 0.173. The Bertz CT molecular complexity index is 325. The second-order valence-electron chi connectivity index (χ2n) is 2.99. The van der Waals surface area contributed by atoms with E-state index in [9.17, 15) is 4.79 Å². The van der Waals surface area contributed by atoms with Gasteiger partial charge in [0.05, 0.1) is 0 Å². The summed E-state index contributed by atoms with van der Waals surface area (Å²) < 4.78 is 0. The lowest BCUT2D eigenvalue weighted by atomic mass is 10.3. The molecule has 2 amide bonds. The highest BCUT2D eigenvalue weighted by molar-refractivity contribution is 5.73. The van der Waals surface area contributed by atoms with Crippen LogP contribution in [0.5, 0.6) is 0 Å². The number of nitrogens with two attached hydrogens (primary N) is 1. The number of rotatable bonds is 2. The summed E-state index contributed by atoms with van der Waals surface area (Å²) in [4.78, 5) is 20.2. The molecule has 0 saturated heterocycles. The Morgan fingerprint density at radius 2 is 2.36 bits per heavy atom. The summed E-state index contributed by atoms with van der Waals surface area (Å²) in [6, 6.07) is -0.173. The average Bonchev–Trinajstić information content (AvgIpc) is 2.16. The fourth-order valence-electron chi connectivity index (χ4n) is 0.833. The maximum absolute atomic E-state index is 11.2. The van der Waals surface area contributed by atoms with Gasteiger partial charge in [-0.1, -0.05) is 0 Å². The molecule has 3 N–H and O–H groups in total. The molecule has 14 heavy (non-hydrogen) atoms. The van der Waals surface area contributed by atoms with E-state index in [2.05, 4.69) is 15.3 Å². The zero-order valence-corrected chi connectivity index (χ0v) is 8.19. The lowest BCUT2D eigenvalue weighted by molar-refractivity contribution is 0.217. The first-order valence-corrected chi connectivity index (χ1v) is 4.10. The Morgan fingerprint density at radius 3 is 2.93 bits per heavy atom. The van der Waals surface area contributed by atoms with Crippen LogP contribution >= 0.6 is 0 Å². The Balaban J connectivity index is 2.54. The van der Waals surface area contributed by atoms with Crippen molar-refractivity contribution in [3.05, 3.63) is 18.1 Å². The number of carbonyl (C=O) groups excluding carboxylic acids is 1. The average molecular weight is 195 g/mol. The Hall–Kier alpha value is -1.85. The van der Waals surface area contributed by atoms with Gasteiger partial charge in [-0.15, -0.1) is 0 Å². The van der Waals surface area contributed by atoms with Crippen molar-refractivity contribution in [2.24, 2.45) is 0 Å². The minimum atomic E-state index is -0.173. The standard InChI is InChI=1S/C8H13N5O/c1-13(2)8(14)11-4-6-3-10-5-12-7(6)9/h3,5H,4H2,1-2H3,(H,11,14)(H2,9,10,12). The summed E-state index contributed by atoms with van der Waals surface area (Å²) >= 11 is 0. The molecule has 1 rings (SSSR count). The SMILES string of the molecule is CN(C)C(=O)NCc1cncnc1N. The third kappa shape index (κ3) is 2.58. The van der Waals surface area contributed by atoms with E-state index in [1.807, 2.05) is 0 Å². The molecule has 6 heteroatoms. The van der Waals surface area contributed by atoms with Gasteiger partial charge < -0.3 is 16.0 Å². The molecule has 0 radical (unpaired) electrons. The second-order valence-corrected chi connectivity index (χ2v) is 2.99. The van der Waals surface area contributed by atoms with Crippen LogP contribution in [-0.2, 0) is 6.54 Å². The van der Waals surface area contributed by atoms with Gasteiger partial charge in [0.15, 0.2) is 0 Å². The number of anilines is 1. The van der Waals surface area contributed by atoms with Crippen molar-refractivity contribution < 1.29 is 4.79 Å². The van der Waals surface area contributed by atoms with Gasteiger partial charge in [-0.25, -0.2) is 14.8 Å². The molecule has 0 spiro atoms. The van der Waals surface area contributed by atoms with E-state index in [0.717, 1.165) is 0 Å². The third-order valence-corrected chi connectivity index (χ3v) is 1.66. The van der Waals surface area contributed by atoms with Gasteiger partial charge in [0.2, 0.25) is 0 Å². The molecule has 0 aliphatic heterocycles. The molecule has 0 saturated carbocycles. The van der Waals surface area contributed by atoms with Gasteiger partial charge in [-0.3, -0.25) is 0 Å². The summed E-state index contributed by atoms with van der Waals surface area (Å²) in [5, 5.41) is 2.67. The predicted molar refractivity (Wildman–Crippen MR) is 52.4 cm³/mol. The van der Waals surface area contributed by atoms with E-state index in [1.165, 1.54) is 11.2 Å². The number of urea groups is 1. The number of aromatic nitrogens is 2. The van der Waals surface area contributed by atoms with Crippen molar-refractivity contribution in [3.63, 3.8) is 0 Å². The Kier molecular flexibility index (Phi) is 3.22. The predicted octanol–water partition coefficient (Wildman–Crippen LogP) is -0.170. The van der Waals surface area contributed by atoms with Crippen LogP contribution in [-0.4, -0.2) is 35.0 Å². The Morgan fingerprint density at radius 1 is 1.64 bits per heavy atom. The smallest absolute Gasteiger partial charge is 0.317 e. The minimum Gasteiger partial charge on any atom is -0.383 e. The van der Waals surface area contributed by atoms with E-state index >= 15 is 0 Å². The van der Waals surface area contributed by atoms with Crippen LogP contribution in [0.4, 0.5) is 10.6 Å². The first-order valence-electron chi connectivity index (χ1n) is 4.10. The maximum Gasteiger partial charge on any atom is 0.317 e. The van der Waals surface area contributed by atoms with Crippen molar-refractivity contribution in [3.8, 4) is 0 Å².